The van der Waals surface area contributed by atoms with Gasteiger partial charge in [-0.1, -0.05) is 6.42 Å². The standard InChI is InChI=1S/C23H26F2N2O6S/c1-14-6-4-5-11-27(14)34(30,31)21-12-16(7-10-20(21)32-3)23(29)33-15(2)22(28)26-19-9-8-17(24)13-18(19)25/h7-10,12-15H,4-6,11H2,1-3H3,(H,26,28). The summed E-state index contributed by atoms with van der Waals surface area (Å²) in [6, 6.07) is 6.24. The van der Waals surface area contributed by atoms with Crippen LogP contribution >= 0.6 is 0 Å². The molecule has 3 rings (SSSR count). The van der Waals surface area contributed by atoms with Crippen LogP contribution in [-0.4, -0.2) is 50.4 Å². The van der Waals surface area contributed by atoms with Gasteiger partial charge in [-0.05, 0) is 57.0 Å². The van der Waals surface area contributed by atoms with Crippen LogP contribution < -0.4 is 10.1 Å². The zero-order chi connectivity index (χ0) is 25.0. The number of nitrogens with one attached hydrogen (secondary N) is 1. The van der Waals surface area contributed by atoms with Crippen molar-refractivity contribution in [1.82, 2.24) is 4.31 Å². The van der Waals surface area contributed by atoms with E-state index in [1.165, 1.54) is 30.5 Å². The number of sulfonamides is 1. The normalized spacial score (nSPS) is 17.6. The van der Waals surface area contributed by atoms with Crippen LogP contribution in [0.15, 0.2) is 41.3 Å². The van der Waals surface area contributed by atoms with Crippen LogP contribution in [0.3, 0.4) is 0 Å². The second-order valence-corrected chi connectivity index (χ2v) is 9.85. The number of ether oxygens (including phenoxy) is 2. The van der Waals surface area contributed by atoms with Gasteiger partial charge in [0.25, 0.3) is 5.91 Å². The van der Waals surface area contributed by atoms with Crippen molar-refractivity contribution < 1.29 is 36.3 Å². The second-order valence-electron chi connectivity index (χ2n) is 7.99. The molecule has 1 aliphatic heterocycles. The highest BCUT2D eigenvalue weighted by molar-refractivity contribution is 7.89. The van der Waals surface area contributed by atoms with E-state index in [1.54, 1.807) is 0 Å². The Morgan fingerprint density at radius 2 is 1.88 bits per heavy atom. The molecule has 1 saturated heterocycles. The van der Waals surface area contributed by atoms with Gasteiger partial charge in [-0.15, -0.1) is 0 Å². The van der Waals surface area contributed by atoms with Crippen LogP contribution in [0.1, 0.15) is 43.5 Å². The van der Waals surface area contributed by atoms with Crippen molar-refractivity contribution in [1.29, 1.82) is 0 Å². The van der Waals surface area contributed by atoms with E-state index in [1.807, 2.05) is 6.92 Å². The van der Waals surface area contributed by atoms with E-state index in [0.717, 1.165) is 37.5 Å². The average molecular weight is 497 g/mol. The first kappa shape index (κ1) is 25.6. The Balaban J connectivity index is 1.79. The van der Waals surface area contributed by atoms with E-state index < -0.39 is 39.6 Å². The number of methoxy groups -OCH3 is 1. The van der Waals surface area contributed by atoms with Crippen molar-refractivity contribution in [2.75, 3.05) is 19.0 Å². The number of esters is 1. The van der Waals surface area contributed by atoms with Gasteiger partial charge in [0.05, 0.1) is 18.4 Å². The minimum atomic E-state index is -3.95. The molecule has 1 N–H and O–H groups in total. The first-order valence-electron chi connectivity index (χ1n) is 10.7. The molecule has 2 aromatic rings. The minimum absolute atomic E-state index is 0.0758. The lowest BCUT2D eigenvalue weighted by atomic mass is 10.1. The van der Waals surface area contributed by atoms with Gasteiger partial charge >= 0.3 is 5.97 Å². The lowest BCUT2D eigenvalue weighted by Crippen LogP contribution is -2.42. The number of carbonyl (C=O) groups excluding carboxylic acids is 2. The van der Waals surface area contributed by atoms with Crippen LogP contribution in [0, 0.1) is 11.6 Å². The summed E-state index contributed by atoms with van der Waals surface area (Å²) < 4.78 is 65.2. The molecule has 0 saturated carbocycles. The van der Waals surface area contributed by atoms with Crippen LogP contribution in [-0.2, 0) is 19.6 Å². The summed E-state index contributed by atoms with van der Waals surface area (Å²) in [5.41, 5.74) is -0.376. The van der Waals surface area contributed by atoms with Gasteiger partial charge in [-0.3, -0.25) is 4.79 Å². The molecule has 2 unspecified atom stereocenters. The maximum Gasteiger partial charge on any atom is 0.338 e. The number of nitrogens with zero attached hydrogens (tertiary/aromatic N) is 1. The molecule has 184 valence electrons. The molecule has 8 nitrogen and oxygen atoms in total. The highest BCUT2D eigenvalue weighted by Crippen LogP contribution is 2.32. The number of piperidine rings is 1. The number of amides is 1. The first-order chi connectivity index (χ1) is 16.0. The summed E-state index contributed by atoms with van der Waals surface area (Å²) in [7, 11) is -2.63. The van der Waals surface area contributed by atoms with Crippen LogP contribution in [0.4, 0.5) is 14.5 Å². The predicted molar refractivity (Wildman–Crippen MR) is 120 cm³/mol. The van der Waals surface area contributed by atoms with Gasteiger partial charge in [-0.2, -0.15) is 4.31 Å². The largest absolute Gasteiger partial charge is 0.495 e. The Bertz CT molecular complexity index is 1190. The number of benzene rings is 2. The first-order valence-corrected chi connectivity index (χ1v) is 12.2. The molecular formula is C23H26F2N2O6S. The Morgan fingerprint density at radius 3 is 2.53 bits per heavy atom. The lowest BCUT2D eigenvalue weighted by molar-refractivity contribution is -0.123. The molecule has 2 atom stereocenters. The summed E-state index contributed by atoms with van der Waals surface area (Å²) in [4.78, 5) is 24.8. The molecule has 2 aromatic carbocycles. The molecule has 1 aliphatic rings. The highest BCUT2D eigenvalue weighted by Gasteiger charge is 2.34. The molecule has 0 radical (unpaired) electrons. The quantitative estimate of drug-likeness (QED) is 0.587. The second kappa shape index (κ2) is 10.5. The monoisotopic (exact) mass is 496 g/mol. The number of anilines is 1. The van der Waals surface area contributed by atoms with Gasteiger partial charge in [0.1, 0.15) is 22.3 Å². The van der Waals surface area contributed by atoms with Gasteiger partial charge in [0, 0.05) is 18.7 Å². The van der Waals surface area contributed by atoms with Crippen LogP contribution in [0.5, 0.6) is 5.75 Å². The van der Waals surface area contributed by atoms with Crippen LogP contribution in [0.25, 0.3) is 0 Å². The number of carbonyl (C=O) groups is 2. The predicted octanol–water partition coefficient (Wildman–Crippen LogP) is 3.72. The Kier molecular flexibility index (Phi) is 7.88. The van der Waals surface area contributed by atoms with E-state index in [4.69, 9.17) is 9.47 Å². The third-order valence-corrected chi connectivity index (χ3v) is 7.60. The summed E-state index contributed by atoms with van der Waals surface area (Å²) in [6.07, 6.45) is 1.04. The van der Waals surface area contributed by atoms with E-state index in [0.29, 0.717) is 12.6 Å². The molecule has 0 aliphatic carbocycles. The summed E-state index contributed by atoms with van der Waals surface area (Å²) >= 11 is 0. The summed E-state index contributed by atoms with van der Waals surface area (Å²) in [5.74, 6) is -3.51. The maximum atomic E-state index is 13.8. The lowest BCUT2D eigenvalue weighted by Gasteiger charge is -2.32. The fourth-order valence-corrected chi connectivity index (χ4v) is 5.55. The van der Waals surface area contributed by atoms with Gasteiger partial charge in [0.15, 0.2) is 6.10 Å². The Hall–Kier alpha value is -3.05. The Morgan fingerprint density at radius 1 is 1.15 bits per heavy atom. The smallest absolute Gasteiger partial charge is 0.338 e. The minimum Gasteiger partial charge on any atom is -0.495 e. The molecule has 0 aromatic heterocycles. The number of rotatable bonds is 7. The van der Waals surface area contributed by atoms with Crippen molar-refractivity contribution in [2.24, 2.45) is 0 Å². The fourth-order valence-electron chi connectivity index (χ4n) is 3.67. The molecule has 11 heteroatoms. The third-order valence-electron chi connectivity index (χ3n) is 5.57. The van der Waals surface area contributed by atoms with Crippen molar-refractivity contribution in [3.63, 3.8) is 0 Å². The highest BCUT2D eigenvalue weighted by atomic mass is 32.2. The molecular weight excluding hydrogens is 470 g/mol. The molecule has 1 heterocycles. The summed E-state index contributed by atoms with van der Waals surface area (Å²) in [5, 5.41) is 2.22. The van der Waals surface area contributed by atoms with Gasteiger partial charge in [-0.25, -0.2) is 22.0 Å². The van der Waals surface area contributed by atoms with E-state index in [-0.39, 0.29) is 27.9 Å². The number of hydrogen-bond acceptors (Lipinski definition) is 6. The SMILES string of the molecule is COc1ccc(C(=O)OC(C)C(=O)Nc2ccc(F)cc2F)cc1S(=O)(=O)N1CCCCC1C. The summed E-state index contributed by atoms with van der Waals surface area (Å²) in [6.45, 7) is 3.45. The van der Waals surface area contributed by atoms with Gasteiger partial charge < -0.3 is 14.8 Å². The zero-order valence-corrected chi connectivity index (χ0v) is 19.8. The molecule has 0 spiro atoms. The van der Waals surface area contributed by atoms with Gasteiger partial charge in [0.2, 0.25) is 10.0 Å². The number of halogens is 2. The van der Waals surface area contributed by atoms with Crippen LogP contribution in [0.2, 0.25) is 0 Å². The van der Waals surface area contributed by atoms with Crippen molar-refractivity contribution in [3.8, 4) is 5.75 Å². The molecule has 34 heavy (non-hydrogen) atoms. The molecule has 1 amide bonds. The third kappa shape index (κ3) is 5.53. The Labute approximate surface area is 196 Å². The molecule has 0 bridgehead atoms. The average Bonchev–Trinajstić information content (AvgIpc) is 2.80. The van der Waals surface area contributed by atoms with Crippen molar-refractivity contribution >= 4 is 27.6 Å². The van der Waals surface area contributed by atoms with E-state index in [2.05, 4.69) is 5.32 Å². The maximum absolute atomic E-state index is 13.8. The zero-order valence-electron chi connectivity index (χ0n) is 19.0. The fraction of sp³-hybridized carbons (Fsp3) is 0.391. The number of hydrogen-bond donors (Lipinski definition) is 1. The topological polar surface area (TPSA) is 102 Å². The molecule has 1 fully saturated rings. The van der Waals surface area contributed by atoms with Crippen molar-refractivity contribution in [2.45, 2.75) is 50.2 Å². The van der Waals surface area contributed by atoms with E-state index in [9.17, 15) is 26.8 Å². The van der Waals surface area contributed by atoms with Crippen molar-refractivity contribution in [3.05, 3.63) is 53.6 Å². The van der Waals surface area contributed by atoms with E-state index >= 15 is 0 Å².